The lowest BCUT2D eigenvalue weighted by molar-refractivity contribution is -0.144. The Kier molecular flexibility index (Phi) is 5.80. The highest BCUT2D eigenvalue weighted by atomic mass is 35.5. The van der Waals surface area contributed by atoms with Crippen molar-refractivity contribution in [3.63, 3.8) is 0 Å². The van der Waals surface area contributed by atoms with Gasteiger partial charge in [0, 0.05) is 11.6 Å². The van der Waals surface area contributed by atoms with E-state index < -0.39 is 11.8 Å². The van der Waals surface area contributed by atoms with E-state index in [4.69, 9.17) is 25.8 Å². The molecule has 0 atom stereocenters. The Bertz CT molecular complexity index is 976. The molecule has 0 radical (unpaired) electrons. The van der Waals surface area contributed by atoms with Crippen molar-refractivity contribution in [2.24, 2.45) is 0 Å². The summed E-state index contributed by atoms with van der Waals surface area (Å²) in [4.78, 5) is 24.2. The second-order valence-electron chi connectivity index (χ2n) is 5.95. The van der Waals surface area contributed by atoms with Gasteiger partial charge in [-0.05, 0) is 36.8 Å². The van der Waals surface area contributed by atoms with E-state index in [0.29, 0.717) is 16.9 Å². The maximum absolute atomic E-state index is 14.0. The summed E-state index contributed by atoms with van der Waals surface area (Å²) in [5.41, 5.74) is 1.01. The number of allylic oxidation sites excluding steroid dienone is 1. The van der Waals surface area contributed by atoms with E-state index in [1.807, 2.05) is 0 Å². The van der Waals surface area contributed by atoms with Crippen molar-refractivity contribution in [1.82, 2.24) is 0 Å². The number of hydrogen-bond donors (Lipinski definition) is 0. The van der Waals surface area contributed by atoms with Gasteiger partial charge in [0.1, 0.15) is 23.9 Å². The second-order valence-corrected chi connectivity index (χ2v) is 6.36. The van der Waals surface area contributed by atoms with Gasteiger partial charge >= 0.3 is 5.97 Å². The molecule has 2 aromatic carbocycles. The minimum atomic E-state index is -0.564. The highest BCUT2D eigenvalue weighted by molar-refractivity contribution is 6.32. The molecule has 0 aromatic heterocycles. The molecule has 1 aliphatic rings. The standard InChI is InChI=1S/C21H16ClFO5/c1-3-7-26-19(24)11-27-13-8-12(2)20-17(9-13)28-18(21(20)25)10-14-15(22)5-4-6-16(14)23/h3-6,8-10H,1,7,11H2,2H3/b18-10-. The van der Waals surface area contributed by atoms with Crippen LogP contribution in [0.15, 0.2) is 48.7 Å². The zero-order valence-electron chi connectivity index (χ0n) is 15.0. The third kappa shape index (κ3) is 4.07. The fraction of sp³-hybridized carbons (Fsp3) is 0.143. The number of halogens is 2. The molecule has 0 saturated heterocycles. The Morgan fingerprint density at radius 2 is 2.14 bits per heavy atom. The first-order valence-electron chi connectivity index (χ1n) is 8.33. The highest BCUT2D eigenvalue weighted by Crippen LogP contribution is 2.38. The van der Waals surface area contributed by atoms with Crippen molar-refractivity contribution in [3.8, 4) is 11.5 Å². The normalized spacial score (nSPS) is 13.8. The number of esters is 1. The average molecular weight is 403 g/mol. The van der Waals surface area contributed by atoms with Crippen LogP contribution in [0.1, 0.15) is 21.5 Å². The van der Waals surface area contributed by atoms with E-state index in [1.54, 1.807) is 13.0 Å². The van der Waals surface area contributed by atoms with E-state index in [-0.39, 0.29) is 41.1 Å². The van der Waals surface area contributed by atoms with Crippen LogP contribution in [0.4, 0.5) is 4.39 Å². The van der Waals surface area contributed by atoms with Gasteiger partial charge in [-0.1, -0.05) is 30.3 Å². The molecule has 0 bridgehead atoms. The molecular weight excluding hydrogens is 387 g/mol. The summed E-state index contributed by atoms with van der Waals surface area (Å²) in [6.07, 6.45) is 2.72. The summed E-state index contributed by atoms with van der Waals surface area (Å²) in [5.74, 6) is -0.949. The van der Waals surface area contributed by atoms with Gasteiger partial charge in [-0.3, -0.25) is 4.79 Å². The van der Waals surface area contributed by atoms with Gasteiger partial charge in [-0.15, -0.1) is 0 Å². The highest BCUT2D eigenvalue weighted by Gasteiger charge is 2.30. The van der Waals surface area contributed by atoms with E-state index in [2.05, 4.69) is 6.58 Å². The van der Waals surface area contributed by atoms with E-state index in [0.717, 1.165) is 0 Å². The summed E-state index contributed by atoms with van der Waals surface area (Å²) >= 11 is 6.01. The number of ether oxygens (including phenoxy) is 3. The number of ketones is 1. The maximum Gasteiger partial charge on any atom is 0.344 e. The first kappa shape index (κ1) is 19.6. The molecule has 2 aromatic rings. The van der Waals surface area contributed by atoms with Crippen molar-refractivity contribution in [2.45, 2.75) is 6.92 Å². The molecule has 0 unspecified atom stereocenters. The molecule has 0 N–H and O–H groups in total. The maximum atomic E-state index is 14.0. The molecule has 28 heavy (non-hydrogen) atoms. The number of Topliss-reactive ketones (excluding diaryl/α,β-unsaturated/α-hetero) is 1. The van der Waals surface area contributed by atoms with Gasteiger partial charge < -0.3 is 14.2 Å². The van der Waals surface area contributed by atoms with Gasteiger partial charge in [0.25, 0.3) is 0 Å². The third-order valence-corrected chi connectivity index (χ3v) is 4.27. The summed E-state index contributed by atoms with van der Waals surface area (Å²) in [6.45, 7) is 4.96. The fourth-order valence-electron chi connectivity index (χ4n) is 2.68. The molecule has 144 valence electrons. The Hall–Kier alpha value is -3.12. The molecular formula is C21H16ClFO5. The SMILES string of the molecule is C=CCOC(=O)COc1cc(C)c2c(c1)O/C(=C\c1c(F)cccc1Cl)C2=O. The van der Waals surface area contributed by atoms with Gasteiger partial charge in [0.15, 0.2) is 12.4 Å². The lowest BCUT2D eigenvalue weighted by Crippen LogP contribution is -2.14. The molecule has 0 spiro atoms. The third-order valence-electron chi connectivity index (χ3n) is 3.94. The molecule has 0 fully saturated rings. The van der Waals surface area contributed by atoms with Crippen LogP contribution in [0.3, 0.4) is 0 Å². The Balaban J connectivity index is 1.83. The Morgan fingerprint density at radius 1 is 1.36 bits per heavy atom. The minimum Gasteiger partial charge on any atom is -0.482 e. The molecule has 0 aliphatic carbocycles. The van der Waals surface area contributed by atoms with Gasteiger partial charge in [-0.25, -0.2) is 9.18 Å². The van der Waals surface area contributed by atoms with E-state index in [9.17, 15) is 14.0 Å². The molecule has 5 nitrogen and oxygen atoms in total. The molecule has 1 aliphatic heterocycles. The predicted molar refractivity (Wildman–Crippen MR) is 102 cm³/mol. The largest absolute Gasteiger partial charge is 0.482 e. The Labute approximate surface area is 166 Å². The van der Waals surface area contributed by atoms with Crippen molar-refractivity contribution in [1.29, 1.82) is 0 Å². The van der Waals surface area contributed by atoms with Crippen molar-refractivity contribution in [3.05, 3.63) is 76.3 Å². The lowest BCUT2D eigenvalue weighted by atomic mass is 10.0. The number of fused-ring (bicyclic) bond motifs is 1. The predicted octanol–water partition coefficient (Wildman–Crippen LogP) is 4.51. The monoisotopic (exact) mass is 402 g/mol. The van der Waals surface area contributed by atoms with Gasteiger partial charge in [0.2, 0.25) is 5.78 Å². The first-order chi connectivity index (χ1) is 13.4. The molecule has 7 heteroatoms. The second kappa shape index (κ2) is 8.27. The first-order valence-corrected chi connectivity index (χ1v) is 8.70. The minimum absolute atomic E-state index is 0.0485. The number of carbonyl (C=O) groups excluding carboxylic acids is 2. The van der Waals surface area contributed by atoms with Crippen molar-refractivity contribution >= 4 is 29.4 Å². The molecule has 1 heterocycles. The van der Waals surface area contributed by atoms with Crippen LogP contribution in [0.5, 0.6) is 11.5 Å². The molecule has 3 rings (SSSR count). The smallest absolute Gasteiger partial charge is 0.344 e. The van der Waals surface area contributed by atoms with Gasteiger partial charge in [0.05, 0.1) is 10.6 Å². The number of carbonyl (C=O) groups is 2. The van der Waals surface area contributed by atoms with Crippen molar-refractivity contribution in [2.75, 3.05) is 13.2 Å². The van der Waals surface area contributed by atoms with Crippen LogP contribution in [0, 0.1) is 12.7 Å². The summed E-state index contributed by atoms with van der Waals surface area (Å²) in [7, 11) is 0. The van der Waals surface area contributed by atoms with Crippen LogP contribution in [0.25, 0.3) is 6.08 Å². The summed E-state index contributed by atoms with van der Waals surface area (Å²) < 4.78 is 29.8. The summed E-state index contributed by atoms with van der Waals surface area (Å²) in [6, 6.07) is 7.34. The Morgan fingerprint density at radius 3 is 2.86 bits per heavy atom. The summed E-state index contributed by atoms with van der Waals surface area (Å²) in [5, 5.41) is 0.165. The topological polar surface area (TPSA) is 61.8 Å². The number of benzene rings is 2. The van der Waals surface area contributed by atoms with E-state index in [1.165, 1.54) is 36.4 Å². The lowest BCUT2D eigenvalue weighted by Gasteiger charge is -2.08. The van der Waals surface area contributed by atoms with Crippen LogP contribution in [-0.4, -0.2) is 25.0 Å². The zero-order valence-corrected chi connectivity index (χ0v) is 15.7. The number of hydrogen-bond acceptors (Lipinski definition) is 5. The van der Waals surface area contributed by atoms with Crippen molar-refractivity contribution < 1.29 is 28.2 Å². The zero-order chi connectivity index (χ0) is 20.3. The van der Waals surface area contributed by atoms with Crippen LogP contribution in [0.2, 0.25) is 5.02 Å². The van der Waals surface area contributed by atoms with Gasteiger partial charge in [-0.2, -0.15) is 0 Å². The average Bonchev–Trinajstić information content (AvgIpc) is 2.97. The number of rotatable bonds is 6. The molecule has 0 amide bonds. The van der Waals surface area contributed by atoms with Crippen LogP contribution in [-0.2, 0) is 9.53 Å². The quantitative estimate of drug-likeness (QED) is 0.404. The van der Waals surface area contributed by atoms with E-state index >= 15 is 0 Å². The van der Waals surface area contributed by atoms with Crippen LogP contribution < -0.4 is 9.47 Å². The number of aryl methyl sites for hydroxylation is 1. The van der Waals surface area contributed by atoms with Crippen LogP contribution >= 0.6 is 11.6 Å². The molecule has 0 saturated carbocycles. The fourth-order valence-corrected chi connectivity index (χ4v) is 2.89.